The van der Waals surface area contributed by atoms with E-state index in [1.807, 2.05) is 13.2 Å². The molecule has 1 saturated carbocycles. The number of fused-ring (bicyclic) bond motifs is 1. The Labute approximate surface area is 114 Å². The molecule has 0 aromatic carbocycles. The summed E-state index contributed by atoms with van der Waals surface area (Å²) >= 11 is 0. The van der Waals surface area contributed by atoms with Crippen LogP contribution in [0, 0.1) is 6.92 Å². The minimum atomic E-state index is 0.384. The molecule has 5 heteroatoms. The van der Waals surface area contributed by atoms with Gasteiger partial charge in [0.15, 0.2) is 0 Å². The highest BCUT2D eigenvalue weighted by molar-refractivity contribution is 5.36. The number of nitrogens with one attached hydrogen (secondary N) is 1. The standard InChI is InChI=1S/C14H22N4O/c1-10-11(8-15-2)9-16-14(17-10)18-6-7-19-13-5-3-4-12(13)18/h9,12-13,15H,3-8H2,1-2H3. The second kappa shape index (κ2) is 5.43. The van der Waals surface area contributed by atoms with Crippen molar-refractivity contribution in [2.75, 3.05) is 25.1 Å². The Morgan fingerprint density at radius 3 is 3.16 bits per heavy atom. The number of aromatic nitrogens is 2. The van der Waals surface area contributed by atoms with Crippen LogP contribution in [0.4, 0.5) is 5.95 Å². The summed E-state index contributed by atoms with van der Waals surface area (Å²) < 4.78 is 5.84. The van der Waals surface area contributed by atoms with Crippen molar-refractivity contribution < 1.29 is 4.74 Å². The number of rotatable bonds is 3. The van der Waals surface area contributed by atoms with Crippen LogP contribution < -0.4 is 10.2 Å². The third-order valence-electron chi connectivity index (χ3n) is 4.17. The van der Waals surface area contributed by atoms with E-state index in [1.165, 1.54) is 24.8 Å². The van der Waals surface area contributed by atoms with Crippen molar-refractivity contribution in [3.8, 4) is 0 Å². The third kappa shape index (κ3) is 2.44. The Kier molecular flexibility index (Phi) is 3.66. The quantitative estimate of drug-likeness (QED) is 0.889. The van der Waals surface area contributed by atoms with E-state index in [1.54, 1.807) is 0 Å². The first-order valence-electron chi connectivity index (χ1n) is 7.15. The second-order valence-corrected chi connectivity index (χ2v) is 5.41. The zero-order chi connectivity index (χ0) is 13.2. The van der Waals surface area contributed by atoms with Gasteiger partial charge in [-0.15, -0.1) is 0 Å². The van der Waals surface area contributed by atoms with E-state index in [4.69, 9.17) is 9.72 Å². The van der Waals surface area contributed by atoms with Crippen LogP contribution in [0.25, 0.3) is 0 Å². The molecule has 1 aliphatic heterocycles. The average Bonchev–Trinajstić information content (AvgIpc) is 2.89. The summed E-state index contributed by atoms with van der Waals surface area (Å²) in [6.45, 7) is 4.58. The first-order valence-corrected chi connectivity index (χ1v) is 7.15. The highest BCUT2D eigenvalue weighted by Gasteiger charge is 2.37. The summed E-state index contributed by atoms with van der Waals surface area (Å²) in [7, 11) is 1.94. The zero-order valence-electron chi connectivity index (χ0n) is 11.7. The second-order valence-electron chi connectivity index (χ2n) is 5.41. The third-order valence-corrected chi connectivity index (χ3v) is 4.17. The van der Waals surface area contributed by atoms with Gasteiger partial charge in [0.2, 0.25) is 5.95 Å². The van der Waals surface area contributed by atoms with Gasteiger partial charge in [-0.2, -0.15) is 0 Å². The van der Waals surface area contributed by atoms with Gasteiger partial charge in [-0.1, -0.05) is 0 Å². The summed E-state index contributed by atoms with van der Waals surface area (Å²) in [6.07, 6.45) is 5.97. The van der Waals surface area contributed by atoms with Gasteiger partial charge in [0.05, 0.1) is 18.8 Å². The van der Waals surface area contributed by atoms with Crippen LogP contribution in [0.1, 0.15) is 30.5 Å². The maximum absolute atomic E-state index is 5.84. The SMILES string of the molecule is CNCc1cnc(N2CCOC3CCCC32)nc1C. The smallest absolute Gasteiger partial charge is 0.225 e. The van der Waals surface area contributed by atoms with Gasteiger partial charge in [-0.05, 0) is 33.2 Å². The average molecular weight is 262 g/mol. The molecule has 5 nitrogen and oxygen atoms in total. The molecular weight excluding hydrogens is 240 g/mol. The molecule has 3 rings (SSSR count). The molecule has 19 heavy (non-hydrogen) atoms. The summed E-state index contributed by atoms with van der Waals surface area (Å²) in [6, 6.07) is 0.475. The van der Waals surface area contributed by atoms with Crippen molar-refractivity contribution in [3.05, 3.63) is 17.5 Å². The number of hydrogen-bond donors (Lipinski definition) is 1. The van der Waals surface area contributed by atoms with Gasteiger partial charge in [-0.25, -0.2) is 9.97 Å². The molecule has 104 valence electrons. The van der Waals surface area contributed by atoms with E-state index in [9.17, 15) is 0 Å². The van der Waals surface area contributed by atoms with E-state index >= 15 is 0 Å². The number of aryl methyl sites for hydroxylation is 1. The lowest BCUT2D eigenvalue weighted by Crippen LogP contribution is -2.49. The molecule has 2 unspecified atom stereocenters. The van der Waals surface area contributed by atoms with Gasteiger partial charge >= 0.3 is 0 Å². The van der Waals surface area contributed by atoms with Crippen LogP contribution in [0.15, 0.2) is 6.20 Å². The summed E-state index contributed by atoms with van der Waals surface area (Å²) in [5.41, 5.74) is 2.24. The van der Waals surface area contributed by atoms with Crippen molar-refractivity contribution in [2.24, 2.45) is 0 Å². The van der Waals surface area contributed by atoms with Gasteiger partial charge < -0.3 is 15.0 Å². The minimum Gasteiger partial charge on any atom is -0.374 e. The molecule has 2 heterocycles. The molecule has 0 radical (unpaired) electrons. The molecule has 1 N–H and O–H groups in total. The fourth-order valence-corrected chi connectivity index (χ4v) is 3.16. The normalized spacial score (nSPS) is 26.5. The highest BCUT2D eigenvalue weighted by Crippen LogP contribution is 2.31. The Bertz CT molecular complexity index is 451. The molecule has 1 saturated heterocycles. The van der Waals surface area contributed by atoms with Crippen LogP contribution in [0.5, 0.6) is 0 Å². The first-order chi connectivity index (χ1) is 9.29. The molecule has 1 aromatic rings. The highest BCUT2D eigenvalue weighted by atomic mass is 16.5. The molecule has 0 spiro atoms. The van der Waals surface area contributed by atoms with Crippen molar-refractivity contribution in [3.63, 3.8) is 0 Å². The number of hydrogen-bond acceptors (Lipinski definition) is 5. The molecule has 2 atom stereocenters. The van der Waals surface area contributed by atoms with Crippen molar-refractivity contribution in [1.29, 1.82) is 0 Å². The summed E-state index contributed by atoms with van der Waals surface area (Å²) in [5.74, 6) is 0.873. The summed E-state index contributed by atoms with van der Waals surface area (Å²) in [4.78, 5) is 11.6. The number of ether oxygens (including phenoxy) is 1. The van der Waals surface area contributed by atoms with E-state index in [-0.39, 0.29) is 0 Å². The van der Waals surface area contributed by atoms with Crippen molar-refractivity contribution in [1.82, 2.24) is 15.3 Å². The van der Waals surface area contributed by atoms with E-state index in [0.717, 1.165) is 31.3 Å². The van der Waals surface area contributed by atoms with Crippen LogP contribution in [0.2, 0.25) is 0 Å². The Hall–Kier alpha value is -1.20. The lowest BCUT2D eigenvalue weighted by molar-refractivity contribution is 0.0249. The first kappa shape index (κ1) is 12.8. The molecular formula is C14H22N4O. The summed E-state index contributed by atoms with van der Waals surface area (Å²) in [5, 5.41) is 3.15. The Morgan fingerprint density at radius 1 is 1.47 bits per heavy atom. The van der Waals surface area contributed by atoms with Crippen LogP contribution in [0.3, 0.4) is 0 Å². The largest absolute Gasteiger partial charge is 0.374 e. The fourth-order valence-electron chi connectivity index (χ4n) is 3.16. The lowest BCUT2D eigenvalue weighted by Gasteiger charge is -2.37. The molecule has 0 bridgehead atoms. The maximum Gasteiger partial charge on any atom is 0.225 e. The number of morpholine rings is 1. The molecule has 0 amide bonds. The van der Waals surface area contributed by atoms with E-state index in [2.05, 4.69) is 22.1 Å². The topological polar surface area (TPSA) is 50.3 Å². The zero-order valence-corrected chi connectivity index (χ0v) is 11.7. The Balaban J connectivity index is 1.83. The van der Waals surface area contributed by atoms with Gasteiger partial charge in [0.25, 0.3) is 0 Å². The van der Waals surface area contributed by atoms with E-state index < -0.39 is 0 Å². The predicted molar refractivity (Wildman–Crippen MR) is 74.3 cm³/mol. The Morgan fingerprint density at radius 2 is 2.37 bits per heavy atom. The van der Waals surface area contributed by atoms with Crippen LogP contribution in [-0.2, 0) is 11.3 Å². The molecule has 2 aliphatic rings. The minimum absolute atomic E-state index is 0.384. The predicted octanol–water partition coefficient (Wildman–Crippen LogP) is 1.26. The van der Waals surface area contributed by atoms with E-state index in [0.29, 0.717) is 12.1 Å². The van der Waals surface area contributed by atoms with Gasteiger partial charge in [0, 0.05) is 30.5 Å². The van der Waals surface area contributed by atoms with Gasteiger partial charge in [-0.3, -0.25) is 0 Å². The van der Waals surface area contributed by atoms with Crippen molar-refractivity contribution in [2.45, 2.75) is 44.9 Å². The van der Waals surface area contributed by atoms with Crippen LogP contribution in [-0.4, -0.2) is 42.3 Å². The monoisotopic (exact) mass is 262 g/mol. The molecule has 1 aromatic heterocycles. The number of nitrogens with zero attached hydrogens (tertiary/aromatic N) is 3. The van der Waals surface area contributed by atoms with Crippen LogP contribution >= 0.6 is 0 Å². The maximum atomic E-state index is 5.84. The van der Waals surface area contributed by atoms with Crippen molar-refractivity contribution >= 4 is 5.95 Å². The molecule has 2 fully saturated rings. The molecule has 1 aliphatic carbocycles. The van der Waals surface area contributed by atoms with Gasteiger partial charge in [0.1, 0.15) is 0 Å². The number of anilines is 1. The lowest BCUT2D eigenvalue weighted by atomic mass is 10.1. The fraction of sp³-hybridized carbons (Fsp3) is 0.714.